The maximum Gasteiger partial charge on any atom is 0.191 e. The molecule has 1 aliphatic heterocycles. The first-order valence-corrected chi connectivity index (χ1v) is 11.1. The van der Waals surface area contributed by atoms with Gasteiger partial charge in [-0.15, -0.1) is 34.2 Å². The molecule has 1 fully saturated rings. The van der Waals surface area contributed by atoms with E-state index in [1.54, 1.807) is 26.9 Å². The average Bonchev–Trinajstić information content (AvgIpc) is 3.32. The van der Waals surface area contributed by atoms with E-state index >= 15 is 0 Å². The molecule has 2 aromatic rings. The number of aliphatic imine (C=N–C) groups is 1. The molecule has 3 rings (SSSR count). The molecule has 2 N–H and O–H groups in total. The number of guanidine groups is 1. The number of unbranched alkanes of at least 4 members (excludes halogenated alkanes) is 1. The van der Waals surface area contributed by atoms with Gasteiger partial charge in [-0.3, -0.25) is 4.99 Å². The summed E-state index contributed by atoms with van der Waals surface area (Å²) in [6.45, 7) is 6.65. The SMILES string of the molecule is CCNC(=NCCCCn1cnnc1)NC1CCN(c2cc(OC)cc(OC)c2)CC1.I. The van der Waals surface area contributed by atoms with Crippen LogP contribution in [-0.2, 0) is 6.54 Å². The summed E-state index contributed by atoms with van der Waals surface area (Å²) in [6, 6.07) is 6.46. The molecule has 2 heterocycles. The van der Waals surface area contributed by atoms with Crippen LogP contribution >= 0.6 is 24.0 Å². The van der Waals surface area contributed by atoms with Gasteiger partial charge >= 0.3 is 0 Å². The van der Waals surface area contributed by atoms with Crippen LogP contribution < -0.4 is 25.0 Å². The van der Waals surface area contributed by atoms with E-state index in [0.717, 1.165) is 81.6 Å². The monoisotopic (exact) mass is 557 g/mol. The van der Waals surface area contributed by atoms with E-state index in [9.17, 15) is 0 Å². The van der Waals surface area contributed by atoms with Crippen molar-refractivity contribution in [2.75, 3.05) is 45.3 Å². The molecule has 0 radical (unpaired) electrons. The Bertz CT molecular complexity index is 786. The Morgan fingerprint density at radius 2 is 1.72 bits per heavy atom. The molecule has 1 aromatic carbocycles. The van der Waals surface area contributed by atoms with Gasteiger partial charge in [0, 0.05) is 62.7 Å². The highest BCUT2D eigenvalue weighted by Gasteiger charge is 2.21. The number of hydrogen-bond acceptors (Lipinski definition) is 6. The summed E-state index contributed by atoms with van der Waals surface area (Å²) < 4.78 is 12.8. The summed E-state index contributed by atoms with van der Waals surface area (Å²) in [7, 11) is 3.37. The van der Waals surface area contributed by atoms with Crippen molar-refractivity contribution in [3.8, 4) is 11.5 Å². The van der Waals surface area contributed by atoms with Crippen LogP contribution in [0, 0.1) is 0 Å². The fourth-order valence-corrected chi connectivity index (χ4v) is 3.71. The topological polar surface area (TPSA) is 88.8 Å². The number of nitrogens with one attached hydrogen (secondary N) is 2. The lowest BCUT2D eigenvalue weighted by atomic mass is 10.0. The number of ether oxygens (including phenoxy) is 2. The van der Waals surface area contributed by atoms with Crippen molar-refractivity contribution in [1.29, 1.82) is 0 Å². The highest BCUT2D eigenvalue weighted by molar-refractivity contribution is 14.0. The summed E-state index contributed by atoms with van der Waals surface area (Å²) >= 11 is 0. The number of aryl methyl sites for hydroxylation is 1. The summed E-state index contributed by atoms with van der Waals surface area (Å²) in [5.41, 5.74) is 1.14. The molecule has 0 unspecified atom stereocenters. The first kappa shape index (κ1) is 26.0. The van der Waals surface area contributed by atoms with Crippen LogP contribution in [0.4, 0.5) is 5.69 Å². The molecular formula is C22H36IN7O2. The second kappa shape index (κ2) is 14.0. The third kappa shape index (κ3) is 8.03. The number of methoxy groups -OCH3 is 2. The molecule has 0 amide bonds. The van der Waals surface area contributed by atoms with Crippen LogP contribution in [0.15, 0.2) is 35.8 Å². The van der Waals surface area contributed by atoms with Gasteiger partial charge in [-0.25, -0.2) is 0 Å². The molecular weight excluding hydrogens is 521 g/mol. The maximum atomic E-state index is 5.41. The summed E-state index contributed by atoms with van der Waals surface area (Å²) in [5, 5.41) is 14.7. The van der Waals surface area contributed by atoms with Crippen molar-refractivity contribution < 1.29 is 9.47 Å². The third-order valence-electron chi connectivity index (χ3n) is 5.44. The van der Waals surface area contributed by atoms with Crippen molar-refractivity contribution in [2.45, 2.75) is 45.2 Å². The van der Waals surface area contributed by atoms with Gasteiger partial charge < -0.3 is 29.6 Å². The molecule has 178 valence electrons. The number of aromatic nitrogens is 3. The van der Waals surface area contributed by atoms with E-state index in [2.05, 4.69) is 44.8 Å². The van der Waals surface area contributed by atoms with Gasteiger partial charge in [0.1, 0.15) is 24.2 Å². The van der Waals surface area contributed by atoms with E-state index in [0.29, 0.717) is 6.04 Å². The quantitative estimate of drug-likeness (QED) is 0.201. The zero-order chi connectivity index (χ0) is 21.9. The second-order valence-corrected chi connectivity index (χ2v) is 7.64. The number of nitrogens with zero attached hydrogens (tertiary/aromatic N) is 5. The molecule has 1 aliphatic rings. The molecule has 32 heavy (non-hydrogen) atoms. The summed E-state index contributed by atoms with van der Waals surface area (Å²) in [5.74, 6) is 2.55. The number of piperidine rings is 1. The molecule has 10 heteroatoms. The standard InChI is InChI=1S/C22H35N7O2.HI/c1-4-23-22(24-9-5-6-10-28-16-25-26-17-28)27-18-7-11-29(12-8-18)19-13-20(30-2)15-21(14-19)31-3;/h13-18H,4-12H2,1-3H3,(H2,23,24,27);1H. The van der Waals surface area contributed by atoms with E-state index in [-0.39, 0.29) is 24.0 Å². The molecule has 1 aromatic heterocycles. The Labute approximate surface area is 208 Å². The Morgan fingerprint density at radius 1 is 1.06 bits per heavy atom. The van der Waals surface area contributed by atoms with Gasteiger partial charge in [-0.05, 0) is 32.6 Å². The normalized spacial score (nSPS) is 14.6. The third-order valence-corrected chi connectivity index (χ3v) is 5.44. The van der Waals surface area contributed by atoms with Gasteiger partial charge in [0.05, 0.1) is 14.2 Å². The Balaban J connectivity index is 0.00000363. The lowest BCUT2D eigenvalue weighted by molar-refractivity contribution is 0.393. The van der Waals surface area contributed by atoms with Gasteiger partial charge in [-0.2, -0.15) is 0 Å². The fraction of sp³-hybridized carbons (Fsp3) is 0.591. The average molecular weight is 557 g/mol. The molecule has 1 saturated heterocycles. The number of benzene rings is 1. The predicted octanol–water partition coefficient (Wildman–Crippen LogP) is 2.92. The molecule has 0 saturated carbocycles. The first-order chi connectivity index (χ1) is 15.2. The molecule has 0 bridgehead atoms. The maximum absolute atomic E-state index is 5.41. The lowest BCUT2D eigenvalue weighted by Crippen LogP contribution is -2.48. The molecule has 0 aliphatic carbocycles. The summed E-state index contributed by atoms with van der Waals surface area (Å²) in [6.07, 6.45) is 7.70. The largest absolute Gasteiger partial charge is 0.497 e. The number of rotatable bonds is 10. The smallest absolute Gasteiger partial charge is 0.191 e. The molecule has 9 nitrogen and oxygen atoms in total. The minimum atomic E-state index is 0. The highest BCUT2D eigenvalue weighted by Crippen LogP contribution is 2.30. The number of halogens is 1. The van der Waals surface area contributed by atoms with Crippen molar-refractivity contribution >= 4 is 35.6 Å². The van der Waals surface area contributed by atoms with Crippen LogP contribution in [0.25, 0.3) is 0 Å². The van der Waals surface area contributed by atoms with Crippen molar-refractivity contribution in [1.82, 2.24) is 25.4 Å². The zero-order valence-corrected chi connectivity index (χ0v) is 21.6. The zero-order valence-electron chi connectivity index (χ0n) is 19.3. The van der Waals surface area contributed by atoms with Crippen molar-refractivity contribution in [3.63, 3.8) is 0 Å². The number of hydrogen-bond donors (Lipinski definition) is 2. The van der Waals surface area contributed by atoms with Gasteiger partial charge in [-0.1, -0.05) is 0 Å². The van der Waals surface area contributed by atoms with E-state index in [1.807, 2.05) is 10.6 Å². The first-order valence-electron chi connectivity index (χ1n) is 11.1. The minimum absolute atomic E-state index is 0. The number of anilines is 1. The lowest BCUT2D eigenvalue weighted by Gasteiger charge is -2.34. The van der Waals surface area contributed by atoms with Crippen LogP contribution in [0.3, 0.4) is 0 Å². The Kier molecular flexibility index (Phi) is 11.4. The van der Waals surface area contributed by atoms with E-state index in [4.69, 9.17) is 14.5 Å². The highest BCUT2D eigenvalue weighted by atomic mass is 127. The molecule has 0 spiro atoms. The Morgan fingerprint density at radius 3 is 2.31 bits per heavy atom. The van der Waals surface area contributed by atoms with Crippen LogP contribution in [0.2, 0.25) is 0 Å². The van der Waals surface area contributed by atoms with Gasteiger partial charge in [0.15, 0.2) is 5.96 Å². The van der Waals surface area contributed by atoms with Crippen LogP contribution in [-0.4, -0.2) is 67.2 Å². The van der Waals surface area contributed by atoms with Crippen LogP contribution in [0.1, 0.15) is 32.6 Å². The van der Waals surface area contributed by atoms with E-state index < -0.39 is 0 Å². The van der Waals surface area contributed by atoms with Crippen LogP contribution in [0.5, 0.6) is 11.5 Å². The van der Waals surface area contributed by atoms with Crippen molar-refractivity contribution in [3.05, 3.63) is 30.9 Å². The second-order valence-electron chi connectivity index (χ2n) is 7.64. The fourth-order valence-electron chi connectivity index (χ4n) is 3.71. The van der Waals surface area contributed by atoms with E-state index in [1.165, 1.54) is 0 Å². The minimum Gasteiger partial charge on any atom is -0.497 e. The van der Waals surface area contributed by atoms with Gasteiger partial charge in [0.2, 0.25) is 0 Å². The Hall–Kier alpha value is -2.24. The van der Waals surface area contributed by atoms with Gasteiger partial charge in [0.25, 0.3) is 0 Å². The predicted molar refractivity (Wildman–Crippen MR) is 139 cm³/mol. The molecule has 0 atom stereocenters. The summed E-state index contributed by atoms with van der Waals surface area (Å²) in [4.78, 5) is 7.14. The van der Waals surface area contributed by atoms with Crippen molar-refractivity contribution in [2.24, 2.45) is 4.99 Å².